The van der Waals surface area contributed by atoms with E-state index in [1.54, 1.807) is 11.3 Å². The summed E-state index contributed by atoms with van der Waals surface area (Å²) >= 11 is 1.74. The van der Waals surface area contributed by atoms with Crippen LogP contribution < -0.4 is 5.32 Å². The van der Waals surface area contributed by atoms with Gasteiger partial charge in [0, 0.05) is 16.2 Å². The highest BCUT2D eigenvalue weighted by Crippen LogP contribution is 2.17. The van der Waals surface area contributed by atoms with Gasteiger partial charge in [0.15, 0.2) is 0 Å². The third-order valence-electron chi connectivity index (χ3n) is 3.42. The van der Waals surface area contributed by atoms with Crippen LogP contribution in [-0.2, 0) is 16.0 Å². The molecule has 20 heavy (non-hydrogen) atoms. The van der Waals surface area contributed by atoms with Gasteiger partial charge in [-0.1, -0.05) is 20.3 Å². The van der Waals surface area contributed by atoms with Crippen LogP contribution >= 0.6 is 11.3 Å². The molecule has 0 fully saturated rings. The van der Waals surface area contributed by atoms with Crippen LogP contribution in [0.1, 0.15) is 42.9 Å². The Hall–Kier alpha value is -1.36. The second kappa shape index (κ2) is 8.04. The van der Waals surface area contributed by atoms with E-state index in [1.807, 2.05) is 13.8 Å². The van der Waals surface area contributed by atoms with E-state index in [4.69, 9.17) is 5.11 Å². The third kappa shape index (κ3) is 5.33. The van der Waals surface area contributed by atoms with E-state index in [9.17, 15) is 9.59 Å². The molecule has 4 nitrogen and oxygen atoms in total. The number of rotatable bonds is 8. The molecular weight excluding hydrogens is 274 g/mol. The zero-order valence-corrected chi connectivity index (χ0v) is 13.1. The van der Waals surface area contributed by atoms with Crippen molar-refractivity contribution in [1.29, 1.82) is 0 Å². The maximum atomic E-state index is 11.8. The van der Waals surface area contributed by atoms with Crippen LogP contribution in [0.2, 0.25) is 0 Å². The molecule has 0 saturated heterocycles. The number of carboxylic acids is 1. The van der Waals surface area contributed by atoms with Crippen molar-refractivity contribution >= 4 is 23.2 Å². The Morgan fingerprint density at radius 2 is 2.10 bits per heavy atom. The van der Waals surface area contributed by atoms with Gasteiger partial charge in [0.05, 0.1) is 0 Å². The highest BCUT2D eigenvalue weighted by molar-refractivity contribution is 7.11. The molecule has 1 rings (SSSR count). The number of carboxylic acid groups (broad SMARTS) is 1. The molecule has 2 atom stereocenters. The Morgan fingerprint density at radius 3 is 2.60 bits per heavy atom. The van der Waals surface area contributed by atoms with E-state index in [0.717, 1.165) is 19.3 Å². The molecule has 1 heterocycles. The van der Waals surface area contributed by atoms with Crippen molar-refractivity contribution in [2.24, 2.45) is 5.92 Å². The maximum absolute atomic E-state index is 11.8. The molecule has 1 amide bonds. The zero-order chi connectivity index (χ0) is 15.1. The van der Waals surface area contributed by atoms with Crippen LogP contribution in [0.4, 0.5) is 0 Å². The molecule has 0 spiro atoms. The molecule has 0 unspecified atom stereocenters. The van der Waals surface area contributed by atoms with E-state index in [-0.39, 0.29) is 11.8 Å². The summed E-state index contributed by atoms with van der Waals surface area (Å²) in [6.45, 7) is 5.82. The smallest absolute Gasteiger partial charge is 0.326 e. The van der Waals surface area contributed by atoms with Gasteiger partial charge in [0.2, 0.25) is 5.91 Å². The highest BCUT2D eigenvalue weighted by atomic mass is 32.1. The van der Waals surface area contributed by atoms with Crippen molar-refractivity contribution in [2.45, 2.75) is 52.5 Å². The minimum Gasteiger partial charge on any atom is -0.480 e. The molecule has 1 aromatic heterocycles. The Bertz CT molecular complexity index is 456. The van der Waals surface area contributed by atoms with Crippen molar-refractivity contribution in [2.75, 3.05) is 0 Å². The minimum absolute atomic E-state index is 0.0589. The number of aryl methyl sites for hydroxylation is 2. The fraction of sp³-hybridized carbons (Fsp3) is 0.600. The summed E-state index contributed by atoms with van der Waals surface area (Å²) in [4.78, 5) is 25.5. The fourth-order valence-corrected chi connectivity index (χ4v) is 2.90. The van der Waals surface area contributed by atoms with Crippen LogP contribution in [0.3, 0.4) is 0 Å². The quantitative estimate of drug-likeness (QED) is 0.775. The van der Waals surface area contributed by atoms with E-state index < -0.39 is 12.0 Å². The molecule has 2 N–H and O–H groups in total. The molecule has 0 radical (unpaired) electrons. The number of carbonyl (C=O) groups is 2. The first-order valence-electron chi connectivity index (χ1n) is 7.01. The van der Waals surface area contributed by atoms with Gasteiger partial charge in [0.25, 0.3) is 0 Å². The second-order valence-electron chi connectivity index (χ2n) is 5.13. The Morgan fingerprint density at radius 1 is 1.40 bits per heavy atom. The Balaban J connectivity index is 2.36. The average molecular weight is 297 g/mol. The Labute approximate surface area is 124 Å². The second-order valence-corrected chi connectivity index (χ2v) is 6.51. The fourth-order valence-electron chi connectivity index (χ4n) is 1.97. The van der Waals surface area contributed by atoms with Crippen molar-refractivity contribution in [3.8, 4) is 0 Å². The van der Waals surface area contributed by atoms with Crippen LogP contribution in [0.15, 0.2) is 12.1 Å². The molecule has 0 bridgehead atoms. The number of thiophene rings is 1. The summed E-state index contributed by atoms with van der Waals surface area (Å²) in [7, 11) is 0. The SMILES string of the molecule is CC[C@H](C)[C@H](NC(=O)CCCc1ccc(C)s1)C(=O)O. The molecular formula is C15H23NO3S. The third-order valence-corrected chi connectivity index (χ3v) is 4.48. The summed E-state index contributed by atoms with van der Waals surface area (Å²) < 4.78 is 0. The number of hydrogen-bond donors (Lipinski definition) is 2. The number of aliphatic carboxylic acids is 1. The lowest BCUT2D eigenvalue weighted by atomic mass is 9.99. The molecule has 0 aliphatic heterocycles. The van der Waals surface area contributed by atoms with Crippen molar-refractivity contribution < 1.29 is 14.7 Å². The van der Waals surface area contributed by atoms with Gasteiger partial charge in [-0.25, -0.2) is 4.79 Å². The van der Waals surface area contributed by atoms with E-state index >= 15 is 0 Å². The van der Waals surface area contributed by atoms with Gasteiger partial charge in [-0.15, -0.1) is 11.3 Å². The van der Waals surface area contributed by atoms with Gasteiger partial charge >= 0.3 is 5.97 Å². The molecule has 1 aromatic rings. The van der Waals surface area contributed by atoms with Crippen molar-refractivity contribution in [1.82, 2.24) is 5.32 Å². The van der Waals surface area contributed by atoms with Crippen molar-refractivity contribution in [3.05, 3.63) is 21.9 Å². The summed E-state index contributed by atoms with van der Waals surface area (Å²) in [5, 5.41) is 11.7. The number of nitrogens with one attached hydrogen (secondary N) is 1. The number of amides is 1. The zero-order valence-electron chi connectivity index (χ0n) is 12.3. The van der Waals surface area contributed by atoms with Gasteiger partial charge in [0.1, 0.15) is 6.04 Å². The lowest BCUT2D eigenvalue weighted by Gasteiger charge is -2.20. The van der Waals surface area contributed by atoms with Gasteiger partial charge < -0.3 is 10.4 Å². The summed E-state index contributed by atoms with van der Waals surface area (Å²) in [5.41, 5.74) is 0. The largest absolute Gasteiger partial charge is 0.480 e. The summed E-state index contributed by atoms with van der Waals surface area (Å²) in [5.74, 6) is -1.19. The molecule has 0 aliphatic carbocycles. The first-order valence-corrected chi connectivity index (χ1v) is 7.83. The maximum Gasteiger partial charge on any atom is 0.326 e. The molecule has 0 saturated carbocycles. The number of hydrogen-bond acceptors (Lipinski definition) is 3. The summed E-state index contributed by atoms with van der Waals surface area (Å²) in [6, 6.07) is 3.37. The van der Waals surface area contributed by atoms with Crippen molar-refractivity contribution in [3.63, 3.8) is 0 Å². The van der Waals surface area contributed by atoms with Crippen LogP contribution in [-0.4, -0.2) is 23.0 Å². The predicted molar refractivity (Wildman–Crippen MR) is 81.0 cm³/mol. The van der Waals surface area contributed by atoms with Gasteiger partial charge in [-0.2, -0.15) is 0 Å². The number of carbonyl (C=O) groups excluding carboxylic acids is 1. The van der Waals surface area contributed by atoms with Crippen LogP contribution in [0, 0.1) is 12.8 Å². The summed E-state index contributed by atoms with van der Waals surface area (Å²) in [6.07, 6.45) is 2.72. The molecule has 112 valence electrons. The standard InChI is InChI=1S/C15H23NO3S/c1-4-10(2)14(15(18)19)16-13(17)7-5-6-12-9-8-11(3)20-12/h8-10,14H,4-7H2,1-3H3,(H,16,17)(H,18,19)/t10-,14-/m0/s1. The highest BCUT2D eigenvalue weighted by Gasteiger charge is 2.24. The normalized spacial score (nSPS) is 13.8. The lowest BCUT2D eigenvalue weighted by Crippen LogP contribution is -2.44. The molecule has 5 heteroatoms. The Kier molecular flexibility index (Phi) is 6.71. The van der Waals surface area contributed by atoms with Gasteiger partial charge in [-0.3, -0.25) is 4.79 Å². The minimum atomic E-state index is -0.957. The van der Waals surface area contributed by atoms with Crippen LogP contribution in [0.5, 0.6) is 0 Å². The average Bonchev–Trinajstić information content (AvgIpc) is 2.80. The topological polar surface area (TPSA) is 66.4 Å². The van der Waals surface area contributed by atoms with Crippen LogP contribution in [0.25, 0.3) is 0 Å². The molecule has 0 aromatic carbocycles. The van der Waals surface area contributed by atoms with E-state index in [1.165, 1.54) is 9.75 Å². The monoisotopic (exact) mass is 297 g/mol. The molecule has 0 aliphatic rings. The first kappa shape index (κ1) is 16.7. The predicted octanol–water partition coefficient (Wildman–Crippen LogP) is 2.99. The van der Waals surface area contributed by atoms with Gasteiger partial charge in [-0.05, 0) is 37.8 Å². The van der Waals surface area contributed by atoms with E-state index in [0.29, 0.717) is 6.42 Å². The first-order chi connectivity index (χ1) is 9.43. The lowest BCUT2D eigenvalue weighted by molar-refractivity contribution is -0.143. The van der Waals surface area contributed by atoms with E-state index in [2.05, 4.69) is 24.4 Å².